The lowest BCUT2D eigenvalue weighted by molar-refractivity contribution is 0.195. The van der Waals surface area contributed by atoms with Crippen molar-refractivity contribution >= 4 is 11.6 Å². The van der Waals surface area contributed by atoms with Crippen molar-refractivity contribution in [2.75, 3.05) is 19.6 Å². The molecular weight excluding hydrogens is 248 g/mol. The number of aromatic nitrogens is 2. The summed E-state index contributed by atoms with van der Waals surface area (Å²) in [6, 6.07) is 0.557. The van der Waals surface area contributed by atoms with E-state index >= 15 is 0 Å². The highest BCUT2D eigenvalue weighted by Gasteiger charge is 2.20. The molecule has 1 aromatic rings. The van der Waals surface area contributed by atoms with Crippen LogP contribution < -0.4 is 5.32 Å². The SMILES string of the molecule is CCc1nn(CC)c(CN2CCN[C@@H](C)C2)c1Cl. The maximum atomic E-state index is 6.44. The minimum Gasteiger partial charge on any atom is -0.312 e. The van der Waals surface area contributed by atoms with E-state index in [0.29, 0.717) is 6.04 Å². The minimum atomic E-state index is 0.557. The van der Waals surface area contributed by atoms with Gasteiger partial charge < -0.3 is 5.32 Å². The molecule has 1 aromatic heterocycles. The molecule has 2 heterocycles. The van der Waals surface area contributed by atoms with Crippen LogP contribution in [0.25, 0.3) is 0 Å². The van der Waals surface area contributed by atoms with Gasteiger partial charge >= 0.3 is 0 Å². The van der Waals surface area contributed by atoms with E-state index < -0.39 is 0 Å². The Morgan fingerprint density at radius 2 is 2.22 bits per heavy atom. The van der Waals surface area contributed by atoms with Gasteiger partial charge in [0.05, 0.1) is 16.4 Å². The van der Waals surface area contributed by atoms with E-state index in [4.69, 9.17) is 11.6 Å². The monoisotopic (exact) mass is 270 g/mol. The van der Waals surface area contributed by atoms with Crippen molar-refractivity contribution in [3.63, 3.8) is 0 Å². The molecule has 102 valence electrons. The Balaban J connectivity index is 2.14. The van der Waals surface area contributed by atoms with Gasteiger partial charge in [0.1, 0.15) is 0 Å². The summed E-state index contributed by atoms with van der Waals surface area (Å²) in [6.07, 6.45) is 0.900. The van der Waals surface area contributed by atoms with Crippen molar-refractivity contribution in [1.29, 1.82) is 0 Å². The van der Waals surface area contributed by atoms with E-state index in [0.717, 1.165) is 49.9 Å². The normalized spacial score (nSPS) is 21.4. The molecule has 1 N–H and O–H groups in total. The quantitative estimate of drug-likeness (QED) is 0.907. The Morgan fingerprint density at radius 1 is 1.44 bits per heavy atom. The van der Waals surface area contributed by atoms with Gasteiger partial charge in [-0.15, -0.1) is 0 Å². The van der Waals surface area contributed by atoms with Gasteiger partial charge in [0.2, 0.25) is 0 Å². The van der Waals surface area contributed by atoms with E-state index in [1.807, 2.05) is 4.68 Å². The number of aryl methyl sites for hydroxylation is 2. The molecular formula is C13H23ClN4. The summed E-state index contributed by atoms with van der Waals surface area (Å²) >= 11 is 6.44. The summed E-state index contributed by atoms with van der Waals surface area (Å²) in [5.41, 5.74) is 2.20. The third-order valence-corrected chi connectivity index (χ3v) is 3.96. The predicted octanol–water partition coefficient (Wildman–Crippen LogP) is 1.91. The summed E-state index contributed by atoms with van der Waals surface area (Å²) in [7, 11) is 0. The highest BCUT2D eigenvalue weighted by atomic mass is 35.5. The van der Waals surface area contributed by atoms with E-state index in [1.165, 1.54) is 5.69 Å². The zero-order chi connectivity index (χ0) is 13.1. The molecule has 0 aliphatic carbocycles. The summed E-state index contributed by atoms with van der Waals surface area (Å²) in [6.45, 7) is 11.5. The number of halogens is 1. The minimum absolute atomic E-state index is 0.557. The topological polar surface area (TPSA) is 33.1 Å². The Bertz CT molecular complexity index is 402. The van der Waals surface area contributed by atoms with Crippen molar-refractivity contribution in [2.24, 2.45) is 0 Å². The van der Waals surface area contributed by atoms with Crippen LogP contribution in [-0.4, -0.2) is 40.4 Å². The van der Waals surface area contributed by atoms with Gasteiger partial charge in [0.25, 0.3) is 0 Å². The van der Waals surface area contributed by atoms with E-state index in [1.54, 1.807) is 0 Å². The Morgan fingerprint density at radius 3 is 2.83 bits per heavy atom. The first-order valence-corrected chi connectivity index (χ1v) is 7.23. The van der Waals surface area contributed by atoms with Crippen molar-refractivity contribution in [2.45, 2.75) is 46.3 Å². The lowest BCUT2D eigenvalue weighted by Crippen LogP contribution is -2.48. The van der Waals surface area contributed by atoms with Crippen molar-refractivity contribution in [3.8, 4) is 0 Å². The first kappa shape index (κ1) is 13.8. The molecule has 1 aliphatic heterocycles. The van der Waals surface area contributed by atoms with Crippen molar-refractivity contribution < 1.29 is 0 Å². The molecule has 5 heteroatoms. The van der Waals surface area contributed by atoms with Crippen LogP contribution in [0.3, 0.4) is 0 Å². The molecule has 2 rings (SSSR count). The van der Waals surface area contributed by atoms with E-state index in [2.05, 4.69) is 36.1 Å². The van der Waals surface area contributed by atoms with Crippen LogP contribution in [0.2, 0.25) is 5.02 Å². The first-order valence-electron chi connectivity index (χ1n) is 6.85. The van der Waals surface area contributed by atoms with Gasteiger partial charge in [-0.25, -0.2) is 0 Å². The Hall–Kier alpha value is -0.580. The van der Waals surface area contributed by atoms with Crippen LogP contribution in [0.4, 0.5) is 0 Å². The van der Waals surface area contributed by atoms with Gasteiger partial charge in [0.15, 0.2) is 0 Å². The lowest BCUT2D eigenvalue weighted by atomic mass is 10.2. The maximum Gasteiger partial charge on any atom is 0.0863 e. The molecule has 0 radical (unpaired) electrons. The standard InChI is InChI=1S/C13H23ClN4/c1-4-11-13(14)12(18(5-2)16-11)9-17-7-6-15-10(3)8-17/h10,15H,4-9H2,1-3H3/t10-/m0/s1. The van der Waals surface area contributed by atoms with Crippen LogP contribution >= 0.6 is 11.6 Å². The number of hydrogen-bond acceptors (Lipinski definition) is 3. The Kier molecular flexibility index (Phi) is 4.65. The maximum absolute atomic E-state index is 6.44. The predicted molar refractivity (Wildman–Crippen MR) is 75.0 cm³/mol. The molecule has 18 heavy (non-hydrogen) atoms. The number of nitrogens with zero attached hydrogens (tertiary/aromatic N) is 3. The molecule has 1 fully saturated rings. The van der Waals surface area contributed by atoms with Gasteiger partial charge in [-0.05, 0) is 20.3 Å². The van der Waals surface area contributed by atoms with E-state index in [-0.39, 0.29) is 0 Å². The summed E-state index contributed by atoms with van der Waals surface area (Å²) in [4.78, 5) is 2.45. The molecule has 0 saturated carbocycles. The highest BCUT2D eigenvalue weighted by molar-refractivity contribution is 6.31. The second kappa shape index (κ2) is 6.04. The molecule has 1 aliphatic rings. The molecule has 0 aromatic carbocycles. The van der Waals surface area contributed by atoms with Gasteiger partial charge in [0, 0.05) is 38.8 Å². The zero-order valence-electron chi connectivity index (χ0n) is 11.5. The third-order valence-electron chi connectivity index (χ3n) is 3.52. The zero-order valence-corrected chi connectivity index (χ0v) is 12.3. The fourth-order valence-electron chi connectivity index (χ4n) is 2.54. The molecule has 0 spiro atoms. The third kappa shape index (κ3) is 2.87. The van der Waals surface area contributed by atoms with Gasteiger partial charge in [-0.3, -0.25) is 9.58 Å². The van der Waals surface area contributed by atoms with Crippen LogP contribution in [0.5, 0.6) is 0 Å². The van der Waals surface area contributed by atoms with E-state index in [9.17, 15) is 0 Å². The average molecular weight is 271 g/mol. The molecule has 1 saturated heterocycles. The fourth-order valence-corrected chi connectivity index (χ4v) is 2.86. The highest BCUT2D eigenvalue weighted by Crippen LogP contribution is 2.23. The lowest BCUT2D eigenvalue weighted by Gasteiger charge is -2.31. The van der Waals surface area contributed by atoms with Crippen LogP contribution in [0.1, 0.15) is 32.2 Å². The molecule has 1 atom stereocenters. The van der Waals surface area contributed by atoms with Crippen LogP contribution in [0, 0.1) is 0 Å². The van der Waals surface area contributed by atoms with Gasteiger partial charge in [-0.1, -0.05) is 18.5 Å². The van der Waals surface area contributed by atoms with Crippen molar-refractivity contribution in [3.05, 3.63) is 16.4 Å². The first-order chi connectivity index (χ1) is 8.65. The average Bonchev–Trinajstić information content (AvgIpc) is 2.66. The van der Waals surface area contributed by atoms with Crippen molar-refractivity contribution in [1.82, 2.24) is 20.0 Å². The second-order valence-electron chi connectivity index (χ2n) is 4.97. The van der Waals surface area contributed by atoms with Gasteiger partial charge in [-0.2, -0.15) is 5.10 Å². The Labute approximate surface area is 114 Å². The largest absolute Gasteiger partial charge is 0.312 e. The van der Waals surface area contributed by atoms with Crippen LogP contribution in [-0.2, 0) is 19.5 Å². The summed E-state index contributed by atoms with van der Waals surface area (Å²) in [5.74, 6) is 0. The number of nitrogens with one attached hydrogen (secondary N) is 1. The molecule has 0 unspecified atom stereocenters. The number of hydrogen-bond donors (Lipinski definition) is 1. The number of piperazine rings is 1. The molecule has 0 bridgehead atoms. The summed E-state index contributed by atoms with van der Waals surface area (Å²) in [5, 5.41) is 8.90. The fraction of sp³-hybridized carbons (Fsp3) is 0.769. The smallest absolute Gasteiger partial charge is 0.0863 e. The number of rotatable bonds is 4. The van der Waals surface area contributed by atoms with Crippen LogP contribution in [0.15, 0.2) is 0 Å². The summed E-state index contributed by atoms with van der Waals surface area (Å²) < 4.78 is 2.05. The molecule has 4 nitrogen and oxygen atoms in total. The molecule has 0 amide bonds. The second-order valence-corrected chi connectivity index (χ2v) is 5.34.